The monoisotopic (exact) mass is 403 g/mol. The molecule has 27 heavy (non-hydrogen) atoms. The van der Waals surface area contributed by atoms with Crippen LogP contribution in [0.4, 0.5) is 23.2 Å². The average molecular weight is 403 g/mol. The van der Waals surface area contributed by atoms with Gasteiger partial charge >= 0.3 is 6.18 Å². The molecule has 0 unspecified atom stereocenters. The molecule has 0 aliphatic heterocycles. The number of anilines is 1. The maximum Gasteiger partial charge on any atom is 0.434 e. The first kappa shape index (κ1) is 20.9. The van der Waals surface area contributed by atoms with Crippen molar-refractivity contribution in [2.24, 2.45) is 4.99 Å². The van der Waals surface area contributed by atoms with Gasteiger partial charge < -0.3 is 15.5 Å². The van der Waals surface area contributed by atoms with E-state index in [0.717, 1.165) is 22.3 Å². The Kier molecular flexibility index (Phi) is 7.00. The molecule has 0 amide bonds. The van der Waals surface area contributed by atoms with Crippen LogP contribution < -0.4 is 15.5 Å². The fraction of sp³-hybridized carbons (Fsp3) is 0.412. The fourth-order valence-electron chi connectivity index (χ4n) is 2.27. The zero-order chi connectivity index (χ0) is 20.0. The lowest BCUT2D eigenvalue weighted by atomic mass is 10.2. The Morgan fingerprint density at radius 1 is 1.26 bits per heavy atom. The Balaban J connectivity index is 1.82. The quantitative estimate of drug-likeness (QED) is 0.442. The van der Waals surface area contributed by atoms with E-state index < -0.39 is 11.9 Å². The molecule has 0 bridgehead atoms. The van der Waals surface area contributed by atoms with Crippen LogP contribution in [0.25, 0.3) is 0 Å². The van der Waals surface area contributed by atoms with Gasteiger partial charge in [0.25, 0.3) is 0 Å². The smallest absolute Gasteiger partial charge is 0.375 e. The van der Waals surface area contributed by atoms with E-state index in [4.69, 9.17) is 0 Å². The largest absolute Gasteiger partial charge is 0.434 e. The number of thiazole rings is 1. The highest BCUT2D eigenvalue weighted by Gasteiger charge is 2.33. The molecule has 0 atom stereocenters. The predicted octanol–water partition coefficient (Wildman–Crippen LogP) is 3.27. The van der Waals surface area contributed by atoms with Gasteiger partial charge in [-0.1, -0.05) is 6.07 Å². The first-order valence-electron chi connectivity index (χ1n) is 8.12. The van der Waals surface area contributed by atoms with Gasteiger partial charge in [0.15, 0.2) is 11.7 Å². The third kappa shape index (κ3) is 6.09. The topological polar surface area (TPSA) is 52.6 Å². The van der Waals surface area contributed by atoms with Crippen molar-refractivity contribution in [3.8, 4) is 0 Å². The number of halogens is 4. The van der Waals surface area contributed by atoms with Crippen LogP contribution in [-0.4, -0.2) is 38.6 Å². The van der Waals surface area contributed by atoms with E-state index in [1.807, 2.05) is 6.07 Å². The summed E-state index contributed by atoms with van der Waals surface area (Å²) in [7, 11) is 5.11. The van der Waals surface area contributed by atoms with E-state index >= 15 is 0 Å². The van der Waals surface area contributed by atoms with Crippen LogP contribution in [0.2, 0.25) is 0 Å². The molecule has 5 nitrogen and oxygen atoms in total. The maximum atomic E-state index is 14.0. The number of aromatic nitrogens is 1. The number of nitrogens with zero attached hydrogens (tertiary/aromatic N) is 3. The van der Waals surface area contributed by atoms with E-state index in [1.165, 1.54) is 6.07 Å². The van der Waals surface area contributed by atoms with Crippen LogP contribution in [0.1, 0.15) is 16.3 Å². The minimum Gasteiger partial charge on any atom is -0.375 e. The van der Waals surface area contributed by atoms with Gasteiger partial charge in [-0.2, -0.15) is 13.2 Å². The highest BCUT2D eigenvalue weighted by molar-refractivity contribution is 7.09. The zero-order valence-electron chi connectivity index (χ0n) is 15.2. The molecule has 148 valence electrons. The summed E-state index contributed by atoms with van der Waals surface area (Å²) in [5, 5.41) is 7.44. The zero-order valence-corrected chi connectivity index (χ0v) is 16.0. The van der Waals surface area contributed by atoms with Gasteiger partial charge in [-0.25, -0.2) is 9.37 Å². The fourth-order valence-corrected chi connectivity index (χ4v) is 3.08. The maximum absolute atomic E-state index is 14.0. The summed E-state index contributed by atoms with van der Waals surface area (Å²) in [6.45, 7) is 0.734. The molecule has 2 N–H and O–H groups in total. The normalized spacial score (nSPS) is 12.2. The summed E-state index contributed by atoms with van der Waals surface area (Å²) >= 11 is 0.974. The minimum absolute atomic E-state index is 0.313. The number of guanidine groups is 1. The third-order valence-electron chi connectivity index (χ3n) is 3.65. The molecule has 0 saturated heterocycles. The van der Waals surface area contributed by atoms with Crippen molar-refractivity contribution in [1.29, 1.82) is 0 Å². The summed E-state index contributed by atoms with van der Waals surface area (Å²) in [6, 6.07) is 4.96. The second kappa shape index (κ2) is 9.03. The molecule has 0 aliphatic rings. The van der Waals surface area contributed by atoms with Crippen molar-refractivity contribution in [3.05, 3.63) is 45.7 Å². The molecular weight excluding hydrogens is 382 g/mol. The highest BCUT2D eigenvalue weighted by Crippen LogP contribution is 2.30. The second-order valence-electron chi connectivity index (χ2n) is 5.91. The number of benzene rings is 1. The van der Waals surface area contributed by atoms with Gasteiger partial charge in [0, 0.05) is 46.0 Å². The molecule has 2 aromatic rings. The molecular formula is C17H21F4N5S. The summed E-state index contributed by atoms with van der Waals surface area (Å²) in [5.41, 5.74) is 0.381. The lowest BCUT2D eigenvalue weighted by Gasteiger charge is -2.15. The van der Waals surface area contributed by atoms with Crippen molar-refractivity contribution in [2.75, 3.05) is 32.6 Å². The van der Waals surface area contributed by atoms with Gasteiger partial charge in [0.1, 0.15) is 5.82 Å². The Morgan fingerprint density at radius 2 is 2.00 bits per heavy atom. The molecule has 0 radical (unpaired) electrons. The molecule has 0 spiro atoms. The third-order valence-corrected chi connectivity index (χ3v) is 4.56. The molecule has 0 fully saturated rings. The van der Waals surface area contributed by atoms with Crippen LogP contribution in [0, 0.1) is 5.82 Å². The molecule has 1 aromatic heterocycles. The lowest BCUT2D eigenvalue weighted by molar-refractivity contribution is -0.140. The Bertz CT molecular complexity index is 786. The summed E-state index contributed by atoms with van der Waals surface area (Å²) < 4.78 is 51.6. The van der Waals surface area contributed by atoms with E-state index in [0.29, 0.717) is 36.2 Å². The van der Waals surface area contributed by atoms with Crippen molar-refractivity contribution in [1.82, 2.24) is 15.6 Å². The number of nitrogens with one attached hydrogen (secondary N) is 2. The number of hydrogen-bond acceptors (Lipinski definition) is 4. The van der Waals surface area contributed by atoms with Crippen molar-refractivity contribution >= 4 is 23.0 Å². The van der Waals surface area contributed by atoms with E-state index in [1.54, 1.807) is 32.1 Å². The standard InChI is InChI=1S/C17H21F4N5S/c1-22-16(23-7-6-15-25-14(10-27-15)17(19,20)21)24-9-11-4-5-13(26(2)3)12(18)8-11/h4-5,8,10H,6-7,9H2,1-3H3,(H2,22,23,24). The van der Waals surface area contributed by atoms with Crippen molar-refractivity contribution < 1.29 is 17.6 Å². The molecule has 10 heteroatoms. The molecule has 1 aromatic carbocycles. The second-order valence-corrected chi connectivity index (χ2v) is 6.85. The minimum atomic E-state index is -4.42. The number of aliphatic imine (C=N–C) groups is 1. The predicted molar refractivity (Wildman–Crippen MR) is 99.7 cm³/mol. The molecule has 0 saturated carbocycles. The highest BCUT2D eigenvalue weighted by atomic mass is 32.1. The van der Waals surface area contributed by atoms with Crippen LogP contribution in [0.15, 0.2) is 28.6 Å². The van der Waals surface area contributed by atoms with Gasteiger partial charge in [0.05, 0.1) is 10.7 Å². The van der Waals surface area contributed by atoms with Gasteiger partial charge in [-0.15, -0.1) is 11.3 Å². The van der Waals surface area contributed by atoms with Crippen LogP contribution in [-0.2, 0) is 19.1 Å². The number of alkyl halides is 3. The lowest BCUT2D eigenvalue weighted by Crippen LogP contribution is -2.37. The summed E-state index contributed by atoms with van der Waals surface area (Å²) in [6.07, 6.45) is -4.08. The number of hydrogen-bond donors (Lipinski definition) is 2. The van der Waals surface area contributed by atoms with E-state index in [9.17, 15) is 17.6 Å². The molecule has 0 aliphatic carbocycles. The summed E-state index contributed by atoms with van der Waals surface area (Å²) in [4.78, 5) is 9.31. The first-order chi connectivity index (χ1) is 12.7. The van der Waals surface area contributed by atoms with Crippen molar-refractivity contribution in [3.63, 3.8) is 0 Å². The van der Waals surface area contributed by atoms with E-state index in [-0.39, 0.29) is 5.82 Å². The summed E-state index contributed by atoms with van der Waals surface area (Å²) in [5.74, 6) is 0.159. The van der Waals surface area contributed by atoms with Crippen LogP contribution in [0.3, 0.4) is 0 Å². The Morgan fingerprint density at radius 3 is 2.56 bits per heavy atom. The van der Waals surface area contributed by atoms with Gasteiger partial charge in [0.2, 0.25) is 0 Å². The molecule has 1 heterocycles. The van der Waals surface area contributed by atoms with Crippen LogP contribution in [0.5, 0.6) is 0 Å². The van der Waals surface area contributed by atoms with E-state index in [2.05, 4.69) is 20.6 Å². The Labute approximate surface area is 159 Å². The van der Waals surface area contributed by atoms with Gasteiger partial charge in [-0.3, -0.25) is 4.99 Å². The number of rotatable bonds is 6. The SMILES string of the molecule is CN=C(NCCc1nc(C(F)(F)F)cs1)NCc1ccc(N(C)C)c(F)c1. The molecule has 2 rings (SSSR count). The van der Waals surface area contributed by atoms with Crippen LogP contribution >= 0.6 is 11.3 Å². The van der Waals surface area contributed by atoms with Crippen molar-refractivity contribution in [2.45, 2.75) is 19.1 Å². The Hall–Kier alpha value is -2.36. The first-order valence-corrected chi connectivity index (χ1v) is 9.00. The van der Waals surface area contributed by atoms with Gasteiger partial charge in [-0.05, 0) is 17.7 Å². The average Bonchev–Trinajstić information content (AvgIpc) is 3.07.